The average molecular weight is 332 g/mol. The van der Waals surface area contributed by atoms with Crippen molar-refractivity contribution in [3.63, 3.8) is 0 Å². The van der Waals surface area contributed by atoms with Crippen LogP contribution < -0.4 is 0 Å². The van der Waals surface area contributed by atoms with Crippen molar-refractivity contribution in [3.8, 4) is 0 Å². The summed E-state index contributed by atoms with van der Waals surface area (Å²) in [6.07, 6.45) is 2.24. The van der Waals surface area contributed by atoms with Crippen molar-refractivity contribution in [2.45, 2.75) is 25.4 Å². The number of quaternary nitrogens is 1. The van der Waals surface area contributed by atoms with Crippen molar-refractivity contribution in [1.29, 1.82) is 0 Å². The van der Waals surface area contributed by atoms with Crippen LogP contribution in [-0.2, 0) is 6.54 Å². The molecule has 16 heavy (non-hydrogen) atoms. The molecule has 1 aromatic rings. The molecule has 0 aromatic heterocycles. The molecule has 2 aliphatic rings. The number of amides is 1. The summed E-state index contributed by atoms with van der Waals surface area (Å²) in [5.74, 6) is -0.0675. The first-order valence-electron chi connectivity index (χ1n) is 5.40. The van der Waals surface area contributed by atoms with E-state index < -0.39 is 0 Å². The lowest BCUT2D eigenvalue weighted by Gasteiger charge is -2.25. The Balaban J connectivity index is 2.13. The molecule has 1 aliphatic carbocycles. The van der Waals surface area contributed by atoms with E-state index >= 15 is 0 Å². The summed E-state index contributed by atoms with van der Waals surface area (Å²) in [6.45, 7) is 0.659. The SMILES string of the molecule is C[N+]1(C2CC2)Cc2cc(F)cc(I)c2C1=O. The molecule has 1 fully saturated rings. The van der Waals surface area contributed by atoms with E-state index in [2.05, 4.69) is 22.6 Å². The molecule has 0 saturated heterocycles. The molecule has 0 bridgehead atoms. The second kappa shape index (κ2) is 3.26. The first-order valence-corrected chi connectivity index (χ1v) is 6.48. The third-order valence-electron chi connectivity index (χ3n) is 3.67. The maximum Gasteiger partial charge on any atom is 0.347 e. The monoisotopic (exact) mass is 332 g/mol. The molecule has 4 heteroatoms. The standard InChI is InChI=1S/C12H12FINO/c1-15(9-2-3-9)6-7-4-8(13)5-10(14)11(7)12(15)16/h4-5,9H,2-3,6H2,1H3/q+1. The van der Waals surface area contributed by atoms with Gasteiger partial charge < -0.3 is 0 Å². The van der Waals surface area contributed by atoms with Crippen LogP contribution in [0.5, 0.6) is 0 Å². The summed E-state index contributed by atoms with van der Waals surface area (Å²) in [7, 11) is 1.98. The summed E-state index contributed by atoms with van der Waals surface area (Å²) < 4.78 is 14.5. The van der Waals surface area contributed by atoms with E-state index in [1.807, 2.05) is 7.05 Å². The lowest BCUT2D eigenvalue weighted by atomic mass is 10.1. The van der Waals surface area contributed by atoms with Crippen LogP contribution in [0.15, 0.2) is 12.1 Å². The first kappa shape index (κ1) is 10.7. The van der Waals surface area contributed by atoms with Gasteiger partial charge in [0.1, 0.15) is 17.9 Å². The Labute approximate surface area is 107 Å². The summed E-state index contributed by atoms with van der Waals surface area (Å²) in [5, 5.41) is 0. The van der Waals surface area contributed by atoms with Crippen molar-refractivity contribution < 1.29 is 13.7 Å². The quantitative estimate of drug-likeness (QED) is 0.571. The van der Waals surface area contributed by atoms with Gasteiger partial charge in [0.2, 0.25) is 0 Å². The van der Waals surface area contributed by atoms with Crippen LogP contribution in [0.1, 0.15) is 28.8 Å². The molecule has 1 aliphatic heterocycles. The molecule has 2 nitrogen and oxygen atoms in total. The predicted octanol–water partition coefficient (Wildman–Crippen LogP) is 2.69. The zero-order valence-electron chi connectivity index (χ0n) is 8.96. The maximum atomic E-state index is 13.3. The summed E-state index contributed by atoms with van der Waals surface area (Å²) >= 11 is 2.06. The number of fused-ring (bicyclic) bond motifs is 1. The van der Waals surface area contributed by atoms with E-state index in [-0.39, 0.29) is 11.7 Å². The largest absolute Gasteiger partial charge is 0.347 e. The molecule has 1 unspecified atom stereocenters. The number of halogens is 2. The Hall–Kier alpha value is -0.490. The van der Waals surface area contributed by atoms with Crippen molar-refractivity contribution in [3.05, 3.63) is 32.6 Å². The minimum Gasteiger partial charge on any atom is -0.252 e. The smallest absolute Gasteiger partial charge is 0.252 e. The second-order valence-electron chi connectivity index (χ2n) is 4.88. The molecule has 0 spiro atoms. The fourth-order valence-corrected chi connectivity index (χ4v) is 3.49. The number of carbonyl (C=O) groups is 1. The van der Waals surface area contributed by atoms with E-state index in [0.717, 1.165) is 27.5 Å². The van der Waals surface area contributed by atoms with Gasteiger partial charge in [-0.05, 0) is 34.7 Å². The van der Waals surface area contributed by atoms with Crippen LogP contribution in [0.2, 0.25) is 0 Å². The van der Waals surface area contributed by atoms with Gasteiger partial charge in [0.15, 0.2) is 0 Å². The van der Waals surface area contributed by atoms with E-state index in [0.29, 0.717) is 17.1 Å². The zero-order valence-corrected chi connectivity index (χ0v) is 11.1. The lowest BCUT2D eigenvalue weighted by molar-refractivity contribution is -0.849. The van der Waals surface area contributed by atoms with Gasteiger partial charge in [-0.3, -0.25) is 4.48 Å². The van der Waals surface area contributed by atoms with E-state index in [9.17, 15) is 9.18 Å². The number of carbonyl (C=O) groups excluding carboxylic acids is 1. The predicted molar refractivity (Wildman–Crippen MR) is 66.4 cm³/mol. The highest BCUT2D eigenvalue weighted by Gasteiger charge is 2.52. The highest BCUT2D eigenvalue weighted by Crippen LogP contribution is 2.41. The van der Waals surface area contributed by atoms with E-state index in [1.165, 1.54) is 12.1 Å². The second-order valence-corrected chi connectivity index (χ2v) is 6.05. The van der Waals surface area contributed by atoms with Crippen molar-refractivity contribution in [1.82, 2.24) is 0 Å². The van der Waals surface area contributed by atoms with Gasteiger partial charge >= 0.3 is 5.91 Å². The molecule has 84 valence electrons. The Morgan fingerprint density at radius 2 is 2.12 bits per heavy atom. The van der Waals surface area contributed by atoms with Gasteiger partial charge in [-0.2, -0.15) is 0 Å². The molecule has 1 heterocycles. The number of hydrogen-bond donors (Lipinski definition) is 0. The Morgan fingerprint density at radius 3 is 2.75 bits per heavy atom. The summed E-state index contributed by atoms with van der Waals surface area (Å²) in [6, 6.07) is 3.42. The normalized spacial score (nSPS) is 28.3. The van der Waals surface area contributed by atoms with E-state index in [1.54, 1.807) is 0 Å². The van der Waals surface area contributed by atoms with Crippen LogP contribution in [0, 0.1) is 9.39 Å². The lowest BCUT2D eigenvalue weighted by Crippen LogP contribution is -2.46. The molecule has 1 saturated carbocycles. The Bertz CT molecular complexity index is 498. The topological polar surface area (TPSA) is 17.1 Å². The fourth-order valence-electron chi connectivity index (χ4n) is 2.61. The fraction of sp³-hybridized carbons (Fsp3) is 0.417. The highest BCUT2D eigenvalue weighted by atomic mass is 127. The molecule has 0 radical (unpaired) electrons. The third kappa shape index (κ3) is 1.35. The molecule has 0 N–H and O–H groups in total. The van der Waals surface area contributed by atoms with Gasteiger partial charge in [0.05, 0.1) is 13.1 Å². The zero-order chi connectivity index (χ0) is 11.5. The van der Waals surface area contributed by atoms with Gasteiger partial charge in [-0.1, -0.05) is 0 Å². The number of nitrogens with zero attached hydrogens (tertiary/aromatic N) is 1. The van der Waals surface area contributed by atoms with Crippen LogP contribution in [-0.4, -0.2) is 23.5 Å². The van der Waals surface area contributed by atoms with Gasteiger partial charge in [0, 0.05) is 22.0 Å². The van der Waals surface area contributed by atoms with Crippen molar-refractivity contribution in [2.24, 2.45) is 0 Å². The number of benzene rings is 1. The average Bonchev–Trinajstić information content (AvgIpc) is 2.95. The van der Waals surface area contributed by atoms with Crippen LogP contribution in [0.25, 0.3) is 0 Å². The molecular weight excluding hydrogens is 320 g/mol. The maximum absolute atomic E-state index is 13.3. The number of rotatable bonds is 1. The minimum atomic E-state index is -0.236. The Kier molecular flexibility index (Phi) is 2.17. The van der Waals surface area contributed by atoms with Gasteiger partial charge in [-0.15, -0.1) is 0 Å². The third-order valence-corrected chi connectivity index (χ3v) is 4.52. The van der Waals surface area contributed by atoms with Gasteiger partial charge in [-0.25, -0.2) is 9.18 Å². The van der Waals surface area contributed by atoms with Crippen LogP contribution in [0.4, 0.5) is 4.39 Å². The molecule has 1 atom stereocenters. The summed E-state index contributed by atoms with van der Waals surface area (Å²) in [5.41, 5.74) is 1.63. The van der Waals surface area contributed by atoms with E-state index in [4.69, 9.17) is 0 Å². The van der Waals surface area contributed by atoms with Crippen molar-refractivity contribution in [2.75, 3.05) is 7.05 Å². The molecule has 1 aromatic carbocycles. The van der Waals surface area contributed by atoms with Crippen LogP contribution in [0.3, 0.4) is 0 Å². The highest BCUT2D eigenvalue weighted by molar-refractivity contribution is 14.1. The molecule has 3 rings (SSSR count). The van der Waals surface area contributed by atoms with Crippen LogP contribution >= 0.6 is 22.6 Å². The summed E-state index contributed by atoms with van der Waals surface area (Å²) in [4.78, 5) is 12.4. The first-order chi connectivity index (χ1) is 7.52. The van der Waals surface area contributed by atoms with Gasteiger partial charge in [0.25, 0.3) is 0 Å². The minimum absolute atomic E-state index is 0.168. The Morgan fingerprint density at radius 1 is 1.44 bits per heavy atom. The molecular formula is C12H12FINO+. The number of hydrogen-bond acceptors (Lipinski definition) is 1. The molecule has 1 amide bonds. The van der Waals surface area contributed by atoms with Crippen molar-refractivity contribution >= 4 is 28.5 Å².